The molecular weight excluding hydrogens is 104 g/mol. The minimum absolute atomic E-state index is 0.428. The van der Waals surface area contributed by atoms with Crippen molar-refractivity contribution in [1.29, 1.82) is 0 Å². The maximum Gasteiger partial charge on any atom is 0.142 e. The number of hydrogen-bond acceptors (Lipinski definition) is 2. The van der Waals surface area contributed by atoms with Gasteiger partial charge in [-0.25, -0.2) is 4.79 Å². The Balaban J connectivity index is 3.89. The van der Waals surface area contributed by atoms with Crippen LogP contribution in [0.3, 0.4) is 0 Å². The molecule has 0 aromatic rings. The summed E-state index contributed by atoms with van der Waals surface area (Å²) in [4.78, 5) is 19.3. The monoisotopic (exact) mass is 110 g/mol. The van der Waals surface area contributed by atoms with E-state index in [0.717, 1.165) is 0 Å². The summed E-state index contributed by atoms with van der Waals surface area (Å²) in [6, 6.07) is 0. The van der Waals surface area contributed by atoms with E-state index in [4.69, 9.17) is 0 Å². The van der Waals surface area contributed by atoms with E-state index in [0.29, 0.717) is 11.9 Å². The number of aldehydes is 1. The Morgan fingerprint density at radius 3 is 2.62 bits per heavy atom. The Morgan fingerprint density at radius 2 is 2.25 bits per heavy atom. The normalized spacial score (nSPS) is 8.62. The summed E-state index contributed by atoms with van der Waals surface area (Å²) < 4.78 is 0. The zero-order valence-corrected chi connectivity index (χ0v) is 4.55. The molecule has 0 aromatic heterocycles. The SMILES string of the molecule is CC(=C=O)/C=C\C=O. The Hall–Kier alpha value is -1.14. The Kier molecular flexibility index (Phi) is 3.46. The van der Waals surface area contributed by atoms with Gasteiger partial charge < -0.3 is 0 Å². The summed E-state index contributed by atoms with van der Waals surface area (Å²) >= 11 is 0. The van der Waals surface area contributed by atoms with Crippen molar-refractivity contribution in [2.75, 3.05) is 0 Å². The molecule has 0 rings (SSSR count). The van der Waals surface area contributed by atoms with E-state index in [1.807, 2.05) is 0 Å². The van der Waals surface area contributed by atoms with Crippen LogP contribution in [-0.4, -0.2) is 12.2 Å². The first kappa shape index (κ1) is 6.86. The van der Waals surface area contributed by atoms with Crippen LogP contribution in [-0.2, 0) is 9.59 Å². The summed E-state index contributed by atoms with van der Waals surface area (Å²) in [6.07, 6.45) is 3.26. The smallest absolute Gasteiger partial charge is 0.142 e. The Bertz CT molecular complexity index is 150. The molecule has 0 saturated carbocycles. The summed E-state index contributed by atoms with van der Waals surface area (Å²) in [5, 5.41) is 0. The number of carbonyl (C=O) groups excluding carboxylic acids is 2. The highest BCUT2D eigenvalue weighted by molar-refractivity contribution is 5.68. The third-order valence-electron chi connectivity index (χ3n) is 0.586. The molecule has 0 aliphatic rings. The molecule has 0 aliphatic carbocycles. The fourth-order valence-electron chi connectivity index (χ4n) is 0.218. The fourth-order valence-corrected chi connectivity index (χ4v) is 0.218. The van der Waals surface area contributed by atoms with Crippen LogP contribution in [0, 0.1) is 0 Å². The van der Waals surface area contributed by atoms with Crippen molar-refractivity contribution in [2.24, 2.45) is 0 Å². The lowest BCUT2D eigenvalue weighted by Crippen LogP contribution is -1.67. The first-order valence-corrected chi connectivity index (χ1v) is 2.15. The van der Waals surface area contributed by atoms with Crippen LogP contribution < -0.4 is 0 Å². The summed E-state index contributed by atoms with van der Waals surface area (Å²) in [5.41, 5.74) is 0.428. The van der Waals surface area contributed by atoms with E-state index in [1.165, 1.54) is 12.2 Å². The van der Waals surface area contributed by atoms with E-state index in [2.05, 4.69) is 0 Å². The topological polar surface area (TPSA) is 34.1 Å². The van der Waals surface area contributed by atoms with Gasteiger partial charge in [0.2, 0.25) is 0 Å². The molecule has 8 heavy (non-hydrogen) atoms. The van der Waals surface area contributed by atoms with Crippen molar-refractivity contribution in [1.82, 2.24) is 0 Å². The molecule has 0 bridgehead atoms. The van der Waals surface area contributed by atoms with Gasteiger partial charge in [0.05, 0.1) is 0 Å². The molecular formula is C6H6O2. The van der Waals surface area contributed by atoms with Crippen LogP contribution in [0.25, 0.3) is 0 Å². The molecule has 0 unspecified atom stereocenters. The third-order valence-corrected chi connectivity index (χ3v) is 0.586. The second kappa shape index (κ2) is 4.03. The summed E-state index contributed by atoms with van der Waals surface area (Å²) in [6.45, 7) is 1.58. The molecule has 0 aliphatic heterocycles. The molecule has 0 atom stereocenters. The second-order valence-corrected chi connectivity index (χ2v) is 1.28. The zero-order chi connectivity index (χ0) is 6.41. The van der Waals surface area contributed by atoms with Crippen molar-refractivity contribution in [2.45, 2.75) is 6.92 Å². The first-order valence-electron chi connectivity index (χ1n) is 2.15. The van der Waals surface area contributed by atoms with Crippen LogP contribution in [0.1, 0.15) is 6.92 Å². The van der Waals surface area contributed by atoms with Crippen LogP contribution in [0.5, 0.6) is 0 Å². The van der Waals surface area contributed by atoms with Gasteiger partial charge in [0.15, 0.2) is 0 Å². The molecule has 2 heteroatoms. The number of hydrogen-bond donors (Lipinski definition) is 0. The zero-order valence-electron chi connectivity index (χ0n) is 4.55. The maximum absolute atomic E-state index is 9.68. The average Bonchev–Trinajstić information content (AvgIpc) is 1.83. The van der Waals surface area contributed by atoms with Gasteiger partial charge in [0.1, 0.15) is 12.2 Å². The van der Waals surface area contributed by atoms with Gasteiger partial charge >= 0.3 is 0 Å². The van der Waals surface area contributed by atoms with Crippen molar-refractivity contribution < 1.29 is 9.59 Å². The maximum atomic E-state index is 9.68. The van der Waals surface area contributed by atoms with Gasteiger partial charge in [-0.2, -0.15) is 0 Å². The highest BCUT2D eigenvalue weighted by Crippen LogP contribution is 1.83. The predicted molar refractivity (Wildman–Crippen MR) is 30.1 cm³/mol. The average molecular weight is 110 g/mol. The number of rotatable bonds is 2. The van der Waals surface area contributed by atoms with Gasteiger partial charge in [-0.3, -0.25) is 4.79 Å². The molecule has 0 heterocycles. The van der Waals surface area contributed by atoms with Crippen molar-refractivity contribution in [3.63, 3.8) is 0 Å². The predicted octanol–water partition coefficient (Wildman–Crippen LogP) is 0.519. The molecule has 0 saturated heterocycles. The van der Waals surface area contributed by atoms with E-state index >= 15 is 0 Å². The van der Waals surface area contributed by atoms with Crippen LogP contribution in [0.2, 0.25) is 0 Å². The van der Waals surface area contributed by atoms with Crippen LogP contribution in [0.15, 0.2) is 17.7 Å². The lowest BCUT2D eigenvalue weighted by atomic mass is 10.3. The van der Waals surface area contributed by atoms with Crippen molar-refractivity contribution >= 4 is 12.2 Å². The highest BCUT2D eigenvalue weighted by atomic mass is 16.1. The second-order valence-electron chi connectivity index (χ2n) is 1.28. The third kappa shape index (κ3) is 3.07. The van der Waals surface area contributed by atoms with Crippen molar-refractivity contribution in [3.8, 4) is 0 Å². The van der Waals surface area contributed by atoms with Gasteiger partial charge in [0.25, 0.3) is 0 Å². The van der Waals surface area contributed by atoms with E-state index in [-0.39, 0.29) is 0 Å². The highest BCUT2D eigenvalue weighted by Gasteiger charge is 1.74. The Morgan fingerprint density at radius 1 is 1.62 bits per heavy atom. The van der Waals surface area contributed by atoms with Gasteiger partial charge in [-0.1, -0.05) is 0 Å². The largest absolute Gasteiger partial charge is 0.299 e. The van der Waals surface area contributed by atoms with Crippen LogP contribution >= 0.6 is 0 Å². The number of carbonyl (C=O) groups is 1. The van der Waals surface area contributed by atoms with E-state index < -0.39 is 0 Å². The minimum Gasteiger partial charge on any atom is -0.299 e. The molecule has 0 aromatic carbocycles. The molecule has 42 valence electrons. The molecule has 0 amide bonds. The molecule has 0 spiro atoms. The van der Waals surface area contributed by atoms with Crippen LogP contribution in [0.4, 0.5) is 0 Å². The molecule has 2 nitrogen and oxygen atoms in total. The standard InChI is InChI=1S/C6H6O2/c1-6(5-8)3-2-4-7/h2-4H,1H3/b3-2-. The lowest BCUT2D eigenvalue weighted by Gasteiger charge is -1.72. The first-order chi connectivity index (χ1) is 3.81. The number of allylic oxidation sites excluding steroid dienone is 3. The Labute approximate surface area is 47.5 Å². The summed E-state index contributed by atoms with van der Waals surface area (Å²) in [7, 11) is 0. The van der Waals surface area contributed by atoms with Gasteiger partial charge in [-0.15, -0.1) is 0 Å². The molecule has 0 radical (unpaired) electrons. The quantitative estimate of drug-likeness (QED) is 0.225. The molecule has 0 N–H and O–H groups in total. The van der Waals surface area contributed by atoms with Gasteiger partial charge in [0, 0.05) is 5.57 Å². The fraction of sp³-hybridized carbons (Fsp3) is 0.167. The summed E-state index contributed by atoms with van der Waals surface area (Å²) in [5.74, 6) is 1.62. The van der Waals surface area contributed by atoms with Crippen molar-refractivity contribution in [3.05, 3.63) is 17.7 Å². The minimum atomic E-state index is 0.428. The van der Waals surface area contributed by atoms with E-state index in [9.17, 15) is 9.59 Å². The lowest BCUT2D eigenvalue weighted by molar-refractivity contribution is -0.104. The van der Waals surface area contributed by atoms with Gasteiger partial charge in [-0.05, 0) is 19.1 Å². The van der Waals surface area contributed by atoms with E-state index in [1.54, 1.807) is 12.9 Å². The molecule has 0 fully saturated rings.